The standard InChI is InChI=1S/C38H23NO2/c1-3-7-27(8-4-1)39(28-9-5-2-6-10-28)34-23-25(24-12-15-30-32(21-24)37-19-17-35(30)40-37)11-14-29(34)26-13-16-31-33(22-26)38-20-18-36(31)41-38/h1-23H. The Balaban J connectivity index is 1.29. The maximum Gasteiger partial charge on any atom is 0.135 e. The van der Waals surface area contributed by atoms with Gasteiger partial charge in [-0.3, -0.25) is 0 Å². The summed E-state index contributed by atoms with van der Waals surface area (Å²) in [5.74, 6) is 0. The highest BCUT2D eigenvalue weighted by atomic mass is 16.3. The number of para-hydroxylation sites is 2. The fourth-order valence-corrected chi connectivity index (χ4v) is 6.25. The van der Waals surface area contributed by atoms with Crippen molar-refractivity contribution in [3.05, 3.63) is 140 Å². The third-order valence-electron chi connectivity index (χ3n) is 8.22. The molecule has 4 aromatic heterocycles. The summed E-state index contributed by atoms with van der Waals surface area (Å²) in [4.78, 5) is 2.35. The number of hydrogen-bond acceptors (Lipinski definition) is 3. The lowest BCUT2D eigenvalue weighted by Gasteiger charge is -2.28. The second-order valence-corrected chi connectivity index (χ2v) is 10.6. The maximum atomic E-state index is 5.98. The Hall–Kier alpha value is -5.54. The molecular weight excluding hydrogens is 502 g/mol. The van der Waals surface area contributed by atoms with Crippen molar-refractivity contribution < 1.29 is 8.83 Å². The molecule has 9 aromatic rings. The normalized spacial score (nSPS) is 11.9. The minimum atomic E-state index is 0.928. The van der Waals surface area contributed by atoms with Crippen molar-refractivity contribution in [2.45, 2.75) is 0 Å². The Morgan fingerprint density at radius 1 is 0.366 bits per heavy atom. The van der Waals surface area contributed by atoms with Gasteiger partial charge in [0.2, 0.25) is 0 Å². The molecule has 4 bridgehead atoms. The van der Waals surface area contributed by atoms with E-state index in [0.717, 1.165) is 83.2 Å². The van der Waals surface area contributed by atoms with E-state index in [0.29, 0.717) is 0 Å². The first-order valence-electron chi connectivity index (χ1n) is 13.8. The summed E-state index contributed by atoms with van der Waals surface area (Å²) in [5, 5.41) is 4.63. The zero-order valence-electron chi connectivity index (χ0n) is 22.0. The number of hydrogen-bond donors (Lipinski definition) is 0. The monoisotopic (exact) mass is 525 g/mol. The second-order valence-electron chi connectivity index (χ2n) is 10.6. The van der Waals surface area contributed by atoms with Crippen LogP contribution >= 0.6 is 0 Å². The molecule has 0 spiro atoms. The van der Waals surface area contributed by atoms with Crippen molar-refractivity contribution in [3.8, 4) is 22.3 Å². The van der Waals surface area contributed by atoms with Crippen LogP contribution < -0.4 is 4.90 Å². The quantitative estimate of drug-likeness (QED) is 0.224. The van der Waals surface area contributed by atoms with Gasteiger partial charge < -0.3 is 13.7 Å². The Morgan fingerprint density at radius 3 is 1.41 bits per heavy atom. The first-order chi connectivity index (χ1) is 20.3. The van der Waals surface area contributed by atoms with Gasteiger partial charge in [0.05, 0.1) is 5.69 Å². The van der Waals surface area contributed by atoms with E-state index < -0.39 is 0 Å². The van der Waals surface area contributed by atoms with Crippen LogP contribution in [0, 0.1) is 0 Å². The molecule has 0 radical (unpaired) electrons. The molecule has 0 fully saturated rings. The zero-order valence-corrected chi connectivity index (χ0v) is 22.0. The molecule has 0 unspecified atom stereocenters. The molecule has 0 aliphatic rings. The van der Waals surface area contributed by atoms with Crippen molar-refractivity contribution in [1.82, 2.24) is 0 Å². The van der Waals surface area contributed by atoms with Gasteiger partial charge in [-0.25, -0.2) is 0 Å². The Kier molecular flexibility index (Phi) is 4.61. The van der Waals surface area contributed by atoms with E-state index >= 15 is 0 Å². The van der Waals surface area contributed by atoms with Crippen LogP contribution in [0.1, 0.15) is 0 Å². The zero-order chi connectivity index (χ0) is 26.9. The van der Waals surface area contributed by atoms with Gasteiger partial charge in [-0.05, 0) is 95.6 Å². The Bertz CT molecular complexity index is 2270. The molecule has 41 heavy (non-hydrogen) atoms. The average molecular weight is 526 g/mol. The van der Waals surface area contributed by atoms with E-state index in [9.17, 15) is 0 Å². The average Bonchev–Trinajstić information content (AvgIpc) is 3.85. The van der Waals surface area contributed by atoms with Crippen LogP contribution in [0.25, 0.3) is 66.1 Å². The van der Waals surface area contributed by atoms with E-state index in [2.05, 4.69) is 132 Å². The fourth-order valence-electron chi connectivity index (χ4n) is 6.25. The lowest BCUT2D eigenvalue weighted by Crippen LogP contribution is -2.11. The van der Waals surface area contributed by atoms with Gasteiger partial charge in [0.15, 0.2) is 0 Å². The van der Waals surface area contributed by atoms with Gasteiger partial charge >= 0.3 is 0 Å². The molecule has 0 aliphatic heterocycles. The Morgan fingerprint density at radius 2 is 0.829 bits per heavy atom. The summed E-state index contributed by atoms with van der Waals surface area (Å²) in [6.07, 6.45) is 0. The molecule has 0 saturated heterocycles. The molecule has 0 atom stereocenters. The number of anilines is 3. The van der Waals surface area contributed by atoms with E-state index in [1.165, 1.54) is 0 Å². The van der Waals surface area contributed by atoms with Crippen LogP contribution in [0.4, 0.5) is 17.1 Å². The van der Waals surface area contributed by atoms with E-state index in [1.807, 2.05) is 12.1 Å². The van der Waals surface area contributed by atoms with Crippen molar-refractivity contribution in [2.75, 3.05) is 4.90 Å². The van der Waals surface area contributed by atoms with Crippen LogP contribution in [0.15, 0.2) is 148 Å². The second kappa shape index (κ2) is 8.48. The van der Waals surface area contributed by atoms with Crippen LogP contribution in [-0.2, 0) is 0 Å². The van der Waals surface area contributed by atoms with Crippen LogP contribution in [0.3, 0.4) is 0 Å². The van der Waals surface area contributed by atoms with Gasteiger partial charge in [0.25, 0.3) is 0 Å². The van der Waals surface area contributed by atoms with Crippen molar-refractivity contribution >= 4 is 60.9 Å². The summed E-state index contributed by atoms with van der Waals surface area (Å²) in [6, 6.07) is 49.4. The smallest absolute Gasteiger partial charge is 0.135 e. The molecule has 3 heteroatoms. The number of benzene rings is 7. The first-order valence-corrected chi connectivity index (χ1v) is 13.8. The van der Waals surface area contributed by atoms with Crippen LogP contribution in [0.5, 0.6) is 0 Å². The molecule has 0 N–H and O–H groups in total. The highest BCUT2D eigenvalue weighted by Gasteiger charge is 2.20. The minimum absolute atomic E-state index is 0.928. The SMILES string of the molecule is c1ccc(N(c2ccccc2)c2cc(-c3ccc4c5ccc(o5)c4c3)ccc2-c2ccc3c4ccc(o4)c3c2)cc1. The highest BCUT2D eigenvalue weighted by Crippen LogP contribution is 2.45. The minimum Gasteiger partial charge on any atom is -0.456 e. The van der Waals surface area contributed by atoms with E-state index in [4.69, 9.17) is 8.83 Å². The molecule has 5 aromatic carbocycles. The highest BCUT2D eigenvalue weighted by molar-refractivity contribution is 6.10. The van der Waals surface area contributed by atoms with Gasteiger partial charge in [0, 0.05) is 38.5 Å². The molecule has 0 aliphatic carbocycles. The van der Waals surface area contributed by atoms with Crippen molar-refractivity contribution in [2.24, 2.45) is 0 Å². The topological polar surface area (TPSA) is 29.5 Å². The van der Waals surface area contributed by atoms with E-state index in [-0.39, 0.29) is 0 Å². The van der Waals surface area contributed by atoms with Crippen LogP contribution in [-0.4, -0.2) is 0 Å². The van der Waals surface area contributed by atoms with Gasteiger partial charge in [-0.2, -0.15) is 0 Å². The number of nitrogens with zero attached hydrogens (tertiary/aromatic N) is 1. The number of furan rings is 4. The molecule has 4 heterocycles. The summed E-state index contributed by atoms with van der Waals surface area (Å²) in [5.41, 5.74) is 11.7. The van der Waals surface area contributed by atoms with Crippen molar-refractivity contribution in [1.29, 1.82) is 0 Å². The molecule has 0 amide bonds. The van der Waals surface area contributed by atoms with Gasteiger partial charge in [-0.15, -0.1) is 0 Å². The third-order valence-corrected chi connectivity index (χ3v) is 8.22. The van der Waals surface area contributed by atoms with Gasteiger partial charge in [-0.1, -0.05) is 60.7 Å². The first kappa shape index (κ1) is 22.3. The molecule has 0 saturated carbocycles. The summed E-state index contributed by atoms with van der Waals surface area (Å²) >= 11 is 0. The molecule has 192 valence electrons. The van der Waals surface area contributed by atoms with Crippen LogP contribution in [0.2, 0.25) is 0 Å². The summed E-state index contributed by atoms with van der Waals surface area (Å²) in [7, 11) is 0. The third kappa shape index (κ3) is 3.39. The fraction of sp³-hybridized carbons (Fsp3) is 0. The molecule has 9 rings (SSSR count). The largest absolute Gasteiger partial charge is 0.456 e. The number of rotatable bonds is 5. The Labute approximate surface area is 236 Å². The summed E-state index contributed by atoms with van der Waals surface area (Å²) < 4.78 is 11.9. The van der Waals surface area contributed by atoms with Crippen molar-refractivity contribution in [3.63, 3.8) is 0 Å². The molecule has 3 nitrogen and oxygen atoms in total. The predicted molar refractivity (Wildman–Crippen MR) is 169 cm³/mol. The maximum absolute atomic E-state index is 5.98. The predicted octanol–water partition coefficient (Wildman–Crippen LogP) is 11.2. The lowest BCUT2D eigenvalue weighted by atomic mass is 9.94. The lowest BCUT2D eigenvalue weighted by molar-refractivity contribution is 0.678. The van der Waals surface area contributed by atoms with Gasteiger partial charge in [0.1, 0.15) is 22.3 Å². The summed E-state index contributed by atoms with van der Waals surface area (Å²) in [6.45, 7) is 0. The molecular formula is C38H23NO2. The number of fused-ring (bicyclic) bond motifs is 10. The van der Waals surface area contributed by atoms with E-state index in [1.54, 1.807) is 0 Å².